The third kappa shape index (κ3) is 3.63. The van der Waals surface area contributed by atoms with Gasteiger partial charge in [0.15, 0.2) is 0 Å². The Morgan fingerprint density at radius 2 is 1.53 bits per heavy atom. The predicted molar refractivity (Wildman–Crippen MR) is 45.7 cm³/mol. The number of halogens is 5. The van der Waals surface area contributed by atoms with Crippen LogP contribution in [0.4, 0.5) is 22.0 Å². The fraction of sp³-hybridized carbons (Fsp3) is 0.250. The summed E-state index contributed by atoms with van der Waals surface area (Å²) < 4.78 is 85.1. The van der Waals surface area contributed by atoms with Crippen LogP contribution in [-0.2, 0) is 20.5 Å². The third-order valence-corrected chi connectivity index (χ3v) is 2.92. The molecule has 3 nitrogen and oxygen atoms in total. The van der Waals surface area contributed by atoms with Crippen molar-refractivity contribution >= 4 is 10.1 Å². The van der Waals surface area contributed by atoms with Crippen LogP contribution >= 0.6 is 0 Å². The topological polar surface area (TPSA) is 43.4 Å². The maximum Gasteiger partial charge on any atom is 0.416 e. The van der Waals surface area contributed by atoms with Gasteiger partial charge in [0, 0.05) is 0 Å². The molecule has 1 aromatic rings. The summed E-state index contributed by atoms with van der Waals surface area (Å²) in [5, 5.41) is 0. The van der Waals surface area contributed by atoms with Crippen molar-refractivity contribution in [3.63, 3.8) is 0 Å². The number of hydrogen-bond donors (Lipinski definition) is 0. The maximum atomic E-state index is 12.1. The number of alkyl halides is 5. The molecule has 0 saturated heterocycles. The summed E-state index contributed by atoms with van der Waals surface area (Å²) in [6.45, 7) is -3.57. The lowest BCUT2D eigenvalue weighted by Gasteiger charge is -2.08. The SMILES string of the molecule is O=S(=O)(OC(F)F)c1ccc(C(F)(F)F)cc1. The van der Waals surface area contributed by atoms with Gasteiger partial charge >= 0.3 is 22.9 Å². The van der Waals surface area contributed by atoms with Crippen molar-refractivity contribution in [3.8, 4) is 0 Å². The Bertz CT molecular complexity index is 477. The lowest BCUT2D eigenvalue weighted by Crippen LogP contribution is -2.11. The molecule has 0 aliphatic heterocycles. The molecule has 0 radical (unpaired) electrons. The lowest BCUT2D eigenvalue weighted by atomic mass is 10.2. The van der Waals surface area contributed by atoms with Gasteiger partial charge < -0.3 is 0 Å². The van der Waals surface area contributed by atoms with Crippen molar-refractivity contribution in [1.82, 2.24) is 0 Å². The van der Waals surface area contributed by atoms with Crippen LogP contribution in [0.3, 0.4) is 0 Å². The molecule has 9 heteroatoms. The number of rotatable bonds is 3. The molecule has 0 amide bonds. The molecule has 0 unspecified atom stereocenters. The first kappa shape index (κ1) is 13.8. The number of hydrogen-bond acceptors (Lipinski definition) is 3. The minimum atomic E-state index is -4.74. The van der Waals surface area contributed by atoms with Crippen molar-refractivity contribution in [2.45, 2.75) is 17.7 Å². The van der Waals surface area contributed by atoms with Gasteiger partial charge in [0.1, 0.15) is 0 Å². The minimum Gasteiger partial charge on any atom is -0.199 e. The molecule has 1 rings (SSSR count). The zero-order chi connectivity index (χ0) is 13.3. The molecule has 0 N–H and O–H groups in total. The zero-order valence-corrected chi connectivity index (χ0v) is 8.73. The minimum absolute atomic E-state index is 0.460. The van der Waals surface area contributed by atoms with Crippen molar-refractivity contribution in [3.05, 3.63) is 29.8 Å². The van der Waals surface area contributed by atoms with Crippen LogP contribution in [0.15, 0.2) is 29.2 Å². The van der Waals surface area contributed by atoms with Crippen LogP contribution in [0.2, 0.25) is 0 Å². The zero-order valence-electron chi connectivity index (χ0n) is 7.91. The Hall–Kier alpha value is -1.22. The summed E-state index contributed by atoms with van der Waals surface area (Å²) in [4.78, 5) is -0.772. The van der Waals surface area contributed by atoms with Crippen molar-refractivity contribution in [2.75, 3.05) is 0 Å². The molecule has 17 heavy (non-hydrogen) atoms. The average molecular weight is 276 g/mol. The van der Waals surface area contributed by atoms with E-state index in [0.717, 1.165) is 0 Å². The Balaban J connectivity index is 3.03. The van der Waals surface area contributed by atoms with E-state index in [9.17, 15) is 30.4 Å². The Morgan fingerprint density at radius 1 is 1.06 bits per heavy atom. The molecule has 0 spiro atoms. The van der Waals surface area contributed by atoms with E-state index in [1.165, 1.54) is 0 Å². The number of benzene rings is 1. The van der Waals surface area contributed by atoms with Crippen LogP contribution in [0.1, 0.15) is 5.56 Å². The maximum absolute atomic E-state index is 12.1. The Morgan fingerprint density at radius 3 is 1.88 bits per heavy atom. The first-order valence-corrected chi connectivity index (χ1v) is 5.42. The summed E-state index contributed by atoms with van der Waals surface area (Å²) in [5.74, 6) is 0. The van der Waals surface area contributed by atoms with E-state index in [-0.39, 0.29) is 0 Å². The molecular formula is C8H5F5O3S. The normalized spacial score (nSPS) is 13.1. The van der Waals surface area contributed by atoms with Crippen molar-refractivity contribution in [1.29, 1.82) is 0 Å². The van der Waals surface area contributed by atoms with Crippen LogP contribution in [0.5, 0.6) is 0 Å². The van der Waals surface area contributed by atoms with Gasteiger partial charge in [0.05, 0.1) is 10.5 Å². The van der Waals surface area contributed by atoms with Crippen LogP contribution in [-0.4, -0.2) is 15.0 Å². The smallest absolute Gasteiger partial charge is 0.199 e. The first-order chi connectivity index (χ1) is 7.63. The summed E-state index contributed by atoms with van der Waals surface area (Å²) in [6.07, 6.45) is -4.63. The van der Waals surface area contributed by atoms with E-state index < -0.39 is 33.4 Å². The van der Waals surface area contributed by atoms with E-state index >= 15 is 0 Å². The van der Waals surface area contributed by atoms with Crippen molar-refractivity contribution < 1.29 is 34.6 Å². The van der Waals surface area contributed by atoms with Crippen LogP contribution in [0.25, 0.3) is 0 Å². The molecule has 0 aliphatic carbocycles. The molecule has 0 heterocycles. The predicted octanol–water partition coefficient (Wildman–Crippen LogP) is 2.63. The van der Waals surface area contributed by atoms with Gasteiger partial charge in [0.25, 0.3) is 0 Å². The molecule has 0 atom stereocenters. The molecular weight excluding hydrogens is 271 g/mol. The monoisotopic (exact) mass is 276 g/mol. The molecule has 0 saturated carbocycles. The van der Waals surface area contributed by atoms with Gasteiger partial charge in [-0.15, -0.1) is 0 Å². The van der Waals surface area contributed by atoms with E-state index in [1.807, 2.05) is 0 Å². The van der Waals surface area contributed by atoms with Gasteiger partial charge in [-0.2, -0.15) is 34.6 Å². The Kier molecular flexibility index (Phi) is 3.72. The van der Waals surface area contributed by atoms with E-state index in [0.29, 0.717) is 24.3 Å². The molecule has 96 valence electrons. The second-order valence-electron chi connectivity index (χ2n) is 2.83. The summed E-state index contributed by atoms with van der Waals surface area (Å²) in [5.41, 5.74) is -1.09. The molecule has 1 aromatic carbocycles. The molecule has 0 aromatic heterocycles. The van der Waals surface area contributed by atoms with E-state index in [2.05, 4.69) is 4.18 Å². The van der Waals surface area contributed by atoms with Gasteiger partial charge in [-0.3, -0.25) is 0 Å². The van der Waals surface area contributed by atoms with Gasteiger partial charge in [0.2, 0.25) is 0 Å². The quantitative estimate of drug-likeness (QED) is 0.629. The van der Waals surface area contributed by atoms with Crippen LogP contribution in [0, 0.1) is 0 Å². The van der Waals surface area contributed by atoms with Crippen LogP contribution < -0.4 is 0 Å². The highest BCUT2D eigenvalue weighted by molar-refractivity contribution is 7.86. The van der Waals surface area contributed by atoms with Gasteiger partial charge in [-0.25, -0.2) is 0 Å². The molecule has 0 aliphatic rings. The average Bonchev–Trinajstić information content (AvgIpc) is 2.14. The largest absolute Gasteiger partial charge is 0.416 e. The Labute approximate surface area is 92.9 Å². The van der Waals surface area contributed by atoms with Crippen molar-refractivity contribution in [2.24, 2.45) is 0 Å². The highest BCUT2D eigenvalue weighted by atomic mass is 32.2. The molecule has 0 fully saturated rings. The fourth-order valence-corrected chi connectivity index (χ4v) is 1.73. The first-order valence-electron chi connectivity index (χ1n) is 4.01. The lowest BCUT2D eigenvalue weighted by molar-refractivity contribution is -0.137. The van der Waals surface area contributed by atoms with E-state index in [1.54, 1.807) is 0 Å². The summed E-state index contributed by atoms with van der Waals surface area (Å²) >= 11 is 0. The highest BCUT2D eigenvalue weighted by Gasteiger charge is 2.31. The summed E-state index contributed by atoms with van der Waals surface area (Å²) in [6, 6.07) is 2.00. The summed E-state index contributed by atoms with van der Waals surface area (Å²) in [7, 11) is -4.74. The van der Waals surface area contributed by atoms with E-state index in [4.69, 9.17) is 0 Å². The fourth-order valence-electron chi connectivity index (χ4n) is 0.962. The van der Waals surface area contributed by atoms with Gasteiger partial charge in [-0.1, -0.05) is 0 Å². The highest BCUT2D eigenvalue weighted by Crippen LogP contribution is 2.30. The molecule has 0 bridgehead atoms. The standard InChI is InChI=1S/C8H5F5O3S/c9-7(10)16-17(14,15)6-3-1-5(2-4-6)8(11,12)13/h1-4,7H. The third-order valence-electron chi connectivity index (χ3n) is 1.67. The van der Waals surface area contributed by atoms with Gasteiger partial charge in [-0.05, 0) is 24.3 Å². The second kappa shape index (κ2) is 4.57. The second-order valence-corrected chi connectivity index (χ2v) is 4.41.